The van der Waals surface area contributed by atoms with Crippen molar-refractivity contribution in [2.75, 3.05) is 19.4 Å². The zero-order valence-corrected chi connectivity index (χ0v) is 13.6. The number of rotatable bonds is 10. The lowest BCUT2D eigenvalue weighted by molar-refractivity contribution is -0.140. The summed E-state index contributed by atoms with van der Waals surface area (Å²) < 4.78 is 17.3. The molecule has 0 spiro atoms. The highest BCUT2D eigenvalue weighted by Gasteiger charge is 2.03. The van der Waals surface area contributed by atoms with E-state index in [2.05, 4.69) is 10.1 Å². The number of nitrogens with one attached hydrogen (secondary N) is 1. The Labute approximate surface area is 134 Å². The van der Waals surface area contributed by atoms with Crippen LogP contribution in [-0.2, 0) is 14.3 Å². The quantitative estimate of drug-likeness (QED) is 0.407. The summed E-state index contributed by atoms with van der Waals surface area (Å²) in [6, 6.07) is 6.09. The molecule has 22 heavy (non-hydrogen) atoms. The van der Waals surface area contributed by atoms with Gasteiger partial charge in [0.2, 0.25) is 5.91 Å². The third-order valence-corrected chi connectivity index (χ3v) is 4.05. The molecule has 0 saturated heterocycles. The summed E-state index contributed by atoms with van der Waals surface area (Å²) in [4.78, 5) is 23.4. The number of carbonyl (C=O) groups excluding carboxylic acids is 2. The van der Waals surface area contributed by atoms with Crippen LogP contribution < -0.4 is 5.32 Å². The van der Waals surface area contributed by atoms with Crippen molar-refractivity contribution in [1.29, 1.82) is 0 Å². The largest absolute Gasteiger partial charge is 0.469 e. The van der Waals surface area contributed by atoms with Gasteiger partial charge in [0.25, 0.3) is 0 Å². The molecule has 0 aromatic heterocycles. The Morgan fingerprint density at radius 3 is 2.50 bits per heavy atom. The molecule has 4 nitrogen and oxygen atoms in total. The lowest BCUT2D eigenvalue weighted by atomic mass is 10.1. The molecule has 1 aromatic rings. The molecule has 0 aliphatic carbocycles. The molecule has 0 heterocycles. The Kier molecular flexibility index (Phi) is 9.30. The Hall–Kier alpha value is -1.56. The van der Waals surface area contributed by atoms with Crippen molar-refractivity contribution in [2.24, 2.45) is 0 Å². The van der Waals surface area contributed by atoms with E-state index in [1.54, 1.807) is 12.1 Å². The molecule has 0 bridgehead atoms. The van der Waals surface area contributed by atoms with E-state index in [0.29, 0.717) is 18.7 Å². The summed E-state index contributed by atoms with van der Waals surface area (Å²) in [6.45, 7) is 0.640. The van der Waals surface area contributed by atoms with Crippen LogP contribution in [0.1, 0.15) is 32.1 Å². The van der Waals surface area contributed by atoms with Gasteiger partial charge in [-0.3, -0.25) is 9.59 Å². The number of hydrogen-bond acceptors (Lipinski definition) is 4. The number of esters is 1. The average molecular weight is 327 g/mol. The van der Waals surface area contributed by atoms with Crippen LogP contribution in [0.4, 0.5) is 4.39 Å². The summed E-state index contributed by atoms with van der Waals surface area (Å²) >= 11 is 1.38. The molecular weight excluding hydrogens is 305 g/mol. The van der Waals surface area contributed by atoms with E-state index in [9.17, 15) is 14.0 Å². The highest BCUT2D eigenvalue weighted by atomic mass is 32.2. The molecule has 0 fully saturated rings. The van der Waals surface area contributed by atoms with Crippen LogP contribution in [0.15, 0.2) is 29.2 Å². The van der Waals surface area contributed by atoms with Gasteiger partial charge in [0.05, 0.1) is 12.9 Å². The number of hydrogen-bond donors (Lipinski definition) is 1. The fourth-order valence-electron chi connectivity index (χ4n) is 1.81. The first-order chi connectivity index (χ1) is 10.6. The maximum absolute atomic E-state index is 12.7. The lowest BCUT2D eigenvalue weighted by Gasteiger charge is -2.05. The van der Waals surface area contributed by atoms with Gasteiger partial charge in [-0.05, 0) is 37.1 Å². The van der Waals surface area contributed by atoms with Crippen LogP contribution in [-0.4, -0.2) is 31.3 Å². The van der Waals surface area contributed by atoms with Gasteiger partial charge in [-0.15, -0.1) is 11.8 Å². The average Bonchev–Trinajstić information content (AvgIpc) is 2.53. The summed E-state index contributed by atoms with van der Waals surface area (Å²) in [5, 5.41) is 2.85. The zero-order valence-electron chi connectivity index (χ0n) is 12.8. The van der Waals surface area contributed by atoms with Crippen molar-refractivity contribution < 1.29 is 18.7 Å². The van der Waals surface area contributed by atoms with Crippen LogP contribution in [0.25, 0.3) is 0 Å². The summed E-state index contributed by atoms with van der Waals surface area (Å²) in [5.41, 5.74) is 0. The van der Waals surface area contributed by atoms with Crippen LogP contribution in [0.2, 0.25) is 0 Å². The monoisotopic (exact) mass is 327 g/mol. The molecule has 0 atom stereocenters. The predicted octanol–water partition coefficient (Wildman–Crippen LogP) is 3.16. The minimum Gasteiger partial charge on any atom is -0.469 e. The highest BCUT2D eigenvalue weighted by molar-refractivity contribution is 8.00. The van der Waals surface area contributed by atoms with E-state index in [1.807, 2.05) is 0 Å². The number of carbonyl (C=O) groups is 2. The highest BCUT2D eigenvalue weighted by Crippen LogP contribution is 2.17. The molecule has 0 aliphatic rings. The van der Waals surface area contributed by atoms with E-state index in [4.69, 9.17) is 0 Å². The third kappa shape index (κ3) is 8.67. The van der Waals surface area contributed by atoms with E-state index in [-0.39, 0.29) is 17.7 Å². The number of benzene rings is 1. The minimum absolute atomic E-state index is 0.0242. The molecule has 0 aliphatic heterocycles. The first-order valence-corrected chi connectivity index (χ1v) is 8.32. The van der Waals surface area contributed by atoms with Gasteiger partial charge in [0.15, 0.2) is 0 Å². The fourth-order valence-corrected chi connectivity index (χ4v) is 2.54. The van der Waals surface area contributed by atoms with Crippen LogP contribution >= 0.6 is 11.8 Å². The SMILES string of the molecule is COC(=O)CCCCCCNC(=O)CSc1ccc(F)cc1. The van der Waals surface area contributed by atoms with Crippen molar-refractivity contribution in [2.45, 2.75) is 37.0 Å². The third-order valence-electron chi connectivity index (χ3n) is 3.04. The number of amides is 1. The molecule has 0 saturated carbocycles. The molecule has 0 radical (unpaired) electrons. The van der Waals surface area contributed by atoms with Gasteiger partial charge < -0.3 is 10.1 Å². The second-order valence-electron chi connectivity index (χ2n) is 4.83. The summed E-state index contributed by atoms with van der Waals surface area (Å²) in [6.07, 6.45) is 4.10. The molecule has 122 valence electrons. The number of halogens is 1. The summed E-state index contributed by atoms with van der Waals surface area (Å²) in [5.74, 6) is -0.149. The van der Waals surface area contributed by atoms with Gasteiger partial charge in [0, 0.05) is 17.9 Å². The molecule has 1 amide bonds. The zero-order chi connectivity index (χ0) is 16.2. The van der Waals surface area contributed by atoms with E-state index in [1.165, 1.54) is 31.0 Å². The number of thioether (sulfide) groups is 1. The van der Waals surface area contributed by atoms with Gasteiger partial charge in [-0.2, -0.15) is 0 Å². The standard InChI is InChI=1S/C16H22FNO3S/c1-21-16(20)6-4-2-3-5-11-18-15(19)12-22-14-9-7-13(17)8-10-14/h7-10H,2-6,11-12H2,1H3,(H,18,19). The Balaban J connectivity index is 1.99. The number of methoxy groups -OCH3 is 1. The molecular formula is C16H22FNO3S. The van der Waals surface area contributed by atoms with Gasteiger partial charge in [-0.25, -0.2) is 4.39 Å². The fraction of sp³-hybridized carbons (Fsp3) is 0.500. The molecule has 0 unspecified atom stereocenters. The second kappa shape index (κ2) is 11.1. The normalized spacial score (nSPS) is 10.3. The molecule has 1 aromatic carbocycles. The minimum atomic E-state index is -0.277. The lowest BCUT2D eigenvalue weighted by Crippen LogP contribution is -2.26. The topological polar surface area (TPSA) is 55.4 Å². The van der Waals surface area contributed by atoms with Gasteiger partial charge in [0.1, 0.15) is 5.82 Å². The van der Waals surface area contributed by atoms with Crippen LogP contribution in [0.3, 0.4) is 0 Å². The van der Waals surface area contributed by atoms with Crippen LogP contribution in [0.5, 0.6) is 0 Å². The van der Waals surface area contributed by atoms with Crippen LogP contribution in [0, 0.1) is 5.82 Å². The van der Waals surface area contributed by atoms with Crippen molar-refractivity contribution in [3.63, 3.8) is 0 Å². The van der Waals surface area contributed by atoms with E-state index < -0.39 is 0 Å². The first-order valence-electron chi connectivity index (χ1n) is 7.33. The Morgan fingerprint density at radius 1 is 1.14 bits per heavy atom. The maximum Gasteiger partial charge on any atom is 0.305 e. The maximum atomic E-state index is 12.7. The molecule has 1 N–H and O–H groups in total. The Bertz CT molecular complexity index is 465. The number of unbranched alkanes of at least 4 members (excludes halogenated alkanes) is 3. The van der Waals surface area contributed by atoms with Crippen molar-refractivity contribution in [1.82, 2.24) is 5.32 Å². The van der Waals surface area contributed by atoms with Gasteiger partial charge in [-0.1, -0.05) is 12.8 Å². The van der Waals surface area contributed by atoms with Crippen molar-refractivity contribution in [3.8, 4) is 0 Å². The Morgan fingerprint density at radius 2 is 1.82 bits per heavy atom. The van der Waals surface area contributed by atoms with Gasteiger partial charge >= 0.3 is 5.97 Å². The predicted molar refractivity (Wildman–Crippen MR) is 85.2 cm³/mol. The molecule has 6 heteroatoms. The first kappa shape index (κ1) is 18.5. The smallest absolute Gasteiger partial charge is 0.305 e. The van der Waals surface area contributed by atoms with E-state index in [0.717, 1.165) is 30.6 Å². The molecule has 1 rings (SSSR count). The second-order valence-corrected chi connectivity index (χ2v) is 5.88. The van der Waals surface area contributed by atoms with Crippen molar-refractivity contribution >= 4 is 23.6 Å². The van der Waals surface area contributed by atoms with E-state index >= 15 is 0 Å². The van der Waals surface area contributed by atoms with Crippen molar-refractivity contribution in [3.05, 3.63) is 30.1 Å². The summed E-state index contributed by atoms with van der Waals surface area (Å²) in [7, 11) is 1.39. The number of ether oxygens (including phenoxy) is 1.